The van der Waals surface area contributed by atoms with E-state index in [0.717, 1.165) is 25.9 Å². The number of carbonyl (C=O) groups is 1. The number of aliphatic hydroxyl groups excluding tert-OH is 1. The van der Waals surface area contributed by atoms with Gasteiger partial charge in [0.1, 0.15) is 0 Å². The van der Waals surface area contributed by atoms with Crippen molar-refractivity contribution in [1.82, 2.24) is 4.90 Å². The number of likely N-dealkylation sites (tertiary alicyclic amines) is 1. The minimum atomic E-state index is -0.120. The highest BCUT2D eigenvalue weighted by Gasteiger charge is 2.27. The average molecular weight is 244 g/mol. The molecule has 1 heterocycles. The SMILES string of the molecule is CC(N)C(C)C(=O)N1CCC(OCCO)CC1. The minimum absolute atomic E-state index is 0.0564. The Hall–Kier alpha value is -0.650. The van der Waals surface area contributed by atoms with Crippen LogP contribution in [0.15, 0.2) is 0 Å². The van der Waals surface area contributed by atoms with Crippen molar-refractivity contribution in [2.45, 2.75) is 38.8 Å². The van der Waals surface area contributed by atoms with E-state index in [2.05, 4.69) is 0 Å². The molecule has 0 aliphatic carbocycles. The fourth-order valence-corrected chi connectivity index (χ4v) is 1.98. The third-order valence-electron chi connectivity index (χ3n) is 3.38. The molecule has 0 saturated carbocycles. The summed E-state index contributed by atoms with van der Waals surface area (Å²) in [6.45, 7) is 5.63. The van der Waals surface area contributed by atoms with Crippen molar-refractivity contribution in [3.8, 4) is 0 Å². The summed E-state index contributed by atoms with van der Waals surface area (Å²) in [6, 6.07) is -0.106. The zero-order valence-corrected chi connectivity index (χ0v) is 10.8. The first-order valence-electron chi connectivity index (χ1n) is 6.33. The highest BCUT2D eigenvalue weighted by Crippen LogP contribution is 2.16. The van der Waals surface area contributed by atoms with E-state index in [0.29, 0.717) is 6.61 Å². The highest BCUT2D eigenvalue weighted by molar-refractivity contribution is 5.79. The van der Waals surface area contributed by atoms with Gasteiger partial charge < -0.3 is 20.5 Å². The van der Waals surface area contributed by atoms with Gasteiger partial charge in [0.2, 0.25) is 5.91 Å². The summed E-state index contributed by atoms with van der Waals surface area (Å²) in [4.78, 5) is 13.9. The molecule has 1 aliphatic rings. The van der Waals surface area contributed by atoms with Crippen LogP contribution in [0.1, 0.15) is 26.7 Å². The van der Waals surface area contributed by atoms with Gasteiger partial charge in [0, 0.05) is 19.1 Å². The van der Waals surface area contributed by atoms with Crippen LogP contribution < -0.4 is 5.73 Å². The summed E-state index contributed by atoms with van der Waals surface area (Å²) >= 11 is 0. The maximum Gasteiger partial charge on any atom is 0.226 e. The van der Waals surface area contributed by atoms with Crippen LogP contribution in [0.4, 0.5) is 0 Å². The van der Waals surface area contributed by atoms with Gasteiger partial charge in [0.05, 0.1) is 25.2 Å². The molecule has 2 unspecified atom stereocenters. The molecule has 100 valence electrons. The maximum absolute atomic E-state index is 12.0. The van der Waals surface area contributed by atoms with Gasteiger partial charge >= 0.3 is 0 Å². The summed E-state index contributed by atoms with van der Waals surface area (Å²) in [5, 5.41) is 8.67. The van der Waals surface area contributed by atoms with Crippen molar-refractivity contribution in [2.24, 2.45) is 11.7 Å². The Morgan fingerprint density at radius 3 is 2.53 bits per heavy atom. The van der Waals surface area contributed by atoms with Crippen molar-refractivity contribution in [1.29, 1.82) is 0 Å². The van der Waals surface area contributed by atoms with Gasteiger partial charge in [-0.2, -0.15) is 0 Å². The standard InChI is InChI=1S/C12H24N2O3/c1-9(10(2)13)12(16)14-5-3-11(4-6-14)17-8-7-15/h9-11,15H,3-8,13H2,1-2H3. The molecule has 0 aromatic carbocycles. The second-order valence-corrected chi connectivity index (χ2v) is 4.77. The molecule has 1 fully saturated rings. The molecule has 1 rings (SSSR count). The predicted octanol–water partition coefficient (Wildman–Crippen LogP) is -0.0304. The van der Waals surface area contributed by atoms with Gasteiger partial charge in [-0.25, -0.2) is 0 Å². The zero-order valence-electron chi connectivity index (χ0n) is 10.8. The molecule has 1 amide bonds. The quantitative estimate of drug-likeness (QED) is 0.712. The summed E-state index contributed by atoms with van der Waals surface area (Å²) in [7, 11) is 0. The molecule has 1 saturated heterocycles. The number of carbonyl (C=O) groups excluding carboxylic acids is 1. The molecule has 17 heavy (non-hydrogen) atoms. The smallest absolute Gasteiger partial charge is 0.226 e. The fraction of sp³-hybridized carbons (Fsp3) is 0.917. The Morgan fingerprint density at radius 1 is 1.47 bits per heavy atom. The molecule has 2 atom stereocenters. The molecular weight excluding hydrogens is 220 g/mol. The predicted molar refractivity (Wildman–Crippen MR) is 65.5 cm³/mol. The molecule has 0 bridgehead atoms. The first-order valence-corrected chi connectivity index (χ1v) is 6.33. The van der Waals surface area contributed by atoms with Crippen LogP contribution >= 0.6 is 0 Å². The second-order valence-electron chi connectivity index (χ2n) is 4.77. The van der Waals surface area contributed by atoms with E-state index in [4.69, 9.17) is 15.6 Å². The zero-order chi connectivity index (χ0) is 12.8. The molecule has 1 aliphatic heterocycles. The number of nitrogens with two attached hydrogens (primary N) is 1. The summed E-state index contributed by atoms with van der Waals surface area (Å²) in [5.74, 6) is 0.0190. The van der Waals surface area contributed by atoms with Crippen LogP contribution in [0, 0.1) is 5.92 Å². The van der Waals surface area contributed by atoms with Crippen molar-refractivity contribution in [2.75, 3.05) is 26.3 Å². The lowest BCUT2D eigenvalue weighted by Gasteiger charge is -2.34. The minimum Gasteiger partial charge on any atom is -0.394 e. The van der Waals surface area contributed by atoms with E-state index in [1.54, 1.807) is 0 Å². The number of rotatable bonds is 5. The second kappa shape index (κ2) is 6.93. The van der Waals surface area contributed by atoms with Gasteiger partial charge in [-0.1, -0.05) is 6.92 Å². The molecule has 5 nitrogen and oxygen atoms in total. The maximum atomic E-state index is 12.0. The van der Waals surface area contributed by atoms with E-state index < -0.39 is 0 Å². The van der Waals surface area contributed by atoms with Gasteiger partial charge in [0.25, 0.3) is 0 Å². The lowest BCUT2D eigenvalue weighted by Crippen LogP contribution is -2.46. The third kappa shape index (κ3) is 4.26. The Bertz CT molecular complexity index is 238. The topological polar surface area (TPSA) is 75.8 Å². The normalized spacial score (nSPS) is 21.3. The van der Waals surface area contributed by atoms with E-state index in [-0.39, 0.29) is 30.6 Å². The summed E-state index contributed by atoms with van der Waals surface area (Å²) in [6.07, 6.45) is 1.87. The van der Waals surface area contributed by atoms with Crippen LogP contribution in [-0.4, -0.2) is 54.4 Å². The van der Waals surface area contributed by atoms with E-state index >= 15 is 0 Å². The van der Waals surface area contributed by atoms with Crippen LogP contribution in [0.2, 0.25) is 0 Å². The largest absolute Gasteiger partial charge is 0.394 e. The first kappa shape index (κ1) is 14.4. The Kier molecular flexibility index (Phi) is 5.88. The molecule has 0 spiro atoms. The van der Waals surface area contributed by atoms with E-state index in [1.807, 2.05) is 18.7 Å². The van der Waals surface area contributed by atoms with Crippen molar-refractivity contribution in [3.63, 3.8) is 0 Å². The first-order chi connectivity index (χ1) is 8.06. The molecular formula is C12H24N2O3. The third-order valence-corrected chi connectivity index (χ3v) is 3.38. The van der Waals surface area contributed by atoms with Gasteiger partial charge in [-0.15, -0.1) is 0 Å². The number of ether oxygens (including phenoxy) is 1. The van der Waals surface area contributed by atoms with Crippen molar-refractivity contribution in [3.05, 3.63) is 0 Å². The van der Waals surface area contributed by atoms with Gasteiger partial charge in [0.15, 0.2) is 0 Å². The number of aliphatic hydroxyl groups is 1. The number of amides is 1. The number of piperidine rings is 1. The van der Waals surface area contributed by atoms with Crippen molar-refractivity contribution < 1.29 is 14.6 Å². The number of hydrogen-bond acceptors (Lipinski definition) is 4. The molecule has 0 aromatic heterocycles. The Morgan fingerprint density at radius 2 is 2.06 bits per heavy atom. The van der Waals surface area contributed by atoms with Crippen LogP contribution in [0.5, 0.6) is 0 Å². The Balaban J connectivity index is 2.33. The fourth-order valence-electron chi connectivity index (χ4n) is 1.98. The van der Waals surface area contributed by atoms with Crippen molar-refractivity contribution >= 4 is 5.91 Å². The summed E-state index contributed by atoms with van der Waals surface area (Å²) < 4.78 is 5.46. The van der Waals surface area contributed by atoms with Crippen LogP contribution in [0.25, 0.3) is 0 Å². The molecule has 0 aromatic rings. The van der Waals surface area contributed by atoms with Crippen LogP contribution in [0.3, 0.4) is 0 Å². The molecule has 5 heteroatoms. The number of hydrogen-bond donors (Lipinski definition) is 2. The lowest BCUT2D eigenvalue weighted by atomic mass is 10.0. The number of nitrogens with zero attached hydrogens (tertiary/aromatic N) is 1. The Labute approximate surface area is 103 Å². The van der Waals surface area contributed by atoms with E-state index in [1.165, 1.54) is 0 Å². The average Bonchev–Trinajstić information content (AvgIpc) is 2.35. The lowest BCUT2D eigenvalue weighted by molar-refractivity contribution is -0.138. The van der Waals surface area contributed by atoms with Crippen LogP contribution in [-0.2, 0) is 9.53 Å². The molecule has 0 radical (unpaired) electrons. The summed E-state index contributed by atoms with van der Waals surface area (Å²) in [5.41, 5.74) is 5.74. The molecule has 3 N–H and O–H groups in total. The van der Waals surface area contributed by atoms with E-state index in [9.17, 15) is 4.79 Å². The van der Waals surface area contributed by atoms with Gasteiger partial charge in [-0.3, -0.25) is 4.79 Å². The highest BCUT2D eigenvalue weighted by atomic mass is 16.5. The monoisotopic (exact) mass is 244 g/mol. The van der Waals surface area contributed by atoms with Gasteiger partial charge in [-0.05, 0) is 19.8 Å².